The number of amides is 2. The lowest BCUT2D eigenvalue weighted by atomic mass is 9.99. The largest absolute Gasteiger partial charge is 0.322 e. The van der Waals surface area contributed by atoms with Gasteiger partial charge in [0.05, 0.1) is 6.04 Å². The summed E-state index contributed by atoms with van der Waals surface area (Å²) in [6.07, 6.45) is 4.12. The van der Waals surface area contributed by atoms with Gasteiger partial charge in [-0.3, -0.25) is 15.0 Å². The van der Waals surface area contributed by atoms with Gasteiger partial charge in [0.15, 0.2) is 0 Å². The Labute approximate surface area is 144 Å². The van der Waals surface area contributed by atoms with Crippen LogP contribution in [-0.2, 0) is 9.59 Å². The van der Waals surface area contributed by atoms with Crippen LogP contribution in [0.1, 0.15) is 30.0 Å². The summed E-state index contributed by atoms with van der Waals surface area (Å²) >= 11 is 0. The fourth-order valence-electron chi connectivity index (χ4n) is 2.65. The molecule has 0 radical (unpaired) electrons. The molecule has 6 heteroatoms. The first-order valence-electron chi connectivity index (χ1n) is 8.00. The number of benzene rings is 2. The highest BCUT2D eigenvalue weighted by molar-refractivity contribution is 6.02. The van der Waals surface area contributed by atoms with E-state index in [1.165, 1.54) is 18.2 Å². The van der Waals surface area contributed by atoms with Crippen LogP contribution in [0.5, 0.6) is 0 Å². The lowest BCUT2D eigenvalue weighted by molar-refractivity contribution is -0.124. The summed E-state index contributed by atoms with van der Waals surface area (Å²) in [5, 5.41) is 2.85. The Balaban J connectivity index is 1.69. The Hall–Kier alpha value is -2.99. The third-order valence-corrected chi connectivity index (χ3v) is 3.94. The van der Waals surface area contributed by atoms with Gasteiger partial charge in [0.1, 0.15) is 5.82 Å². The highest BCUT2D eigenvalue weighted by atomic mass is 19.1. The first-order chi connectivity index (χ1) is 12.1. The number of hydrogen-bond donors (Lipinski definition) is 3. The molecule has 5 nitrogen and oxygen atoms in total. The molecule has 0 bridgehead atoms. The van der Waals surface area contributed by atoms with E-state index in [2.05, 4.69) is 16.2 Å². The van der Waals surface area contributed by atoms with Crippen molar-refractivity contribution in [1.29, 1.82) is 0 Å². The van der Waals surface area contributed by atoms with Crippen LogP contribution in [0.2, 0.25) is 0 Å². The van der Waals surface area contributed by atoms with Gasteiger partial charge in [-0.25, -0.2) is 9.82 Å². The summed E-state index contributed by atoms with van der Waals surface area (Å²) in [7, 11) is 0. The molecule has 128 valence electrons. The van der Waals surface area contributed by atoms with Gasteiger partial charge in [0.25, 0.3) is 0 Å². The molecule has 25 heavy (non-hydrogen) atoms. The standard InChI is InChI=1S/C19H18FN3O2/c20-14-8-5-13(6-9-14)7-11-18(24)21-16-4-2-1-3-15(16)17-10-12-19(25)23-22-17/h1-9,11,17,22H,10,12H2,(H,21,24)(H,23,25)/b11-7+. The van der Waals surface area contributed by atoms with Crippen molar-refractivity contribution in [2.24, 2.45) is 0 Å². The molecule has 2 aromatic carbocycles. The summed E-state index contributed by atoms with van der Waals surface area (Å²) < 4.78 is 12.9. The molecule has 1 aliphatic heterocycles. The first kappa shape index (κ1) is 16.9. The zero-order valence-corrected chi connectivity index (χ0v) is 13.5. The second-order valence-electron chi connectivity index (χ2n) is 5.75. The number of anilines is 1. The topological polar surface area (TPSA) is 70.2 Å². The maximum absolute atomic E-state index is 12.9. The molecule has 2 amide bonds. The number of rotatable bonds is 4. The van der Waals surface area contributed by atoms with Crippen molar-refractivity contribution in [3.05, 3.63) is 71.6 Å². The van der Waals surface area contributed by atoms with E-state index in [9.17, 15) is 14.0 Å². The second kappa shape index (κ2) is 7.72. The van der Waals surface area contributed by atoms with E-state index in [0.717, 1.165) is 11.1 Å². The molecule has 1 heterocycles. The molecule has 2 aromatic rings. The van der Waals surface area contributed by atoms with Crippen LogP contribution >= 0.6 is 0 Å². The van der Waals surface area contributed by atoms with E-state index < -0.39 is 0 Å². The fourth-order valence-corrected chi connectivity index (χ4v) is 2.65. The maximum Gasteiger partial charge on any atom is 0.248 e. The van der Waals surface area contributed by atoms with Crippen LogP contribution in [0, 0.1) is 5.82 Å². The minimum absolute atomic E-state index is 0.0417. The van der Waals surface area contributed by atoms with Crippen LogP contribution in [0.25, 0.3) is 6.08 Å². The third-order valence-electron chi connectivity index (χ3n) is 3.94. The smallest absolute Gasteiger partial charge is 0.248 e. The van der Waals surface area contributed by atoms with E-state index in [1.54, 1.807) is 18.2 Å². The summed E-state index contributed by atoms with van der Waals surface area (Å²) in [5.41, 5.74) is 7.90. The van der Waals surface area contributed by atoms with Gasteiger partial charge in [-0.2, -0.15) is 0 Å². The van der Waals surface area contributed by atoms with Crippen molar-refractivity contribution in [2.75, 3.05) is 5.32 Å². The lowest BCUT2D eigenvalue weighted by Crippen LogP contribution is -2.44. The van der Waals surface area contributed by atoms with Crippen LogP contribution in [0.3, 0.4) is 0 Å². The van der Waals surface area contributed by atoms with Crippen molar-refractivity contribution in [2.45, 2.75) is 18.9 Å². The maximum atomic E-state index is 12.9. The van der Waals surface area contributed by atoms with Crippen LogP contribution in [-0.4, -0.2) is 11.8 Å². The van der Waals surface area contributed by atoms with Gasteiger partial charge in [-0.1, -0.05) is 30.3 Å². The zero-order valence-electron chi connectivity index (χ0n) is 13.5. The number of hydrogen-bond acceptors (Lipinski definition) is 3. The van der Waals surface area contributed by atoms with Crippen molar-refractivity contribution in [3.63, 3.8) is 0 Å². The van der Waals surface area contributed by atoms with E-state index in [0.29, 0.717) is 18.5 Å². The lowest BCUT2D eigenvalue weighted by Gasteiger charge is -2.26. The van der Waals surface area contributed by atoms with Crippen LogP contribution in [0.15, 0.2) is 54.6 Å². The van der Waals surface area contributed by atoms with E-state index in [1.807, 2.05) is 24.3 Å². The molecule has 3 rings (SSSR count). The molecule has 0 spiro atoms. The van der Waals surface area contributed by atoms with Gasteiger partial charge >= 0.3 is 0 Å². The van der Waals surface area contributed by atoms with Gasteiger partial charge < -0.3 is 5.32 Å². The second-order valence-corrected chi connectivity index (χ2v) is 5.75. The highest BCUT2D eigenvalue weighted by Crippen LogP contribution is 2.27. The highest BCUT2D eigenvalue weighted by Gasteiger charge is 2.21. The Kier molecular flexibility index (Phi) is 5.20. The molecule has 3 N–H and O–H groups in total. The number of carbonyl (C=O) groups is 2. The number of halogens is 1. The molecule has 0 aliphatic carbocycles. The first-order valence-corrected chi connectivity index (χ1v) is 8.00. The Bertz CT molecular complexity index is 793. The SMILES string of the molecule is O=C(/C=C/c1ccc(F)cc1)Nc1ccccc1C1CCC(=O)NN1. The Morgan fingerprint density at radius 3 is 2.64 bits per heavy atom. The van der Waals surface area contributed by atoms with E-state index in [4.69, 9.17) is 0 Å². The normalized spacial score (nSPS) is 17.3. The van der Waals surface area contributed by atoms with Crippen LogP contribution in [0.4, 0.5) is 10.1 Å². The van der Waals surface area contributed by atoms with Gasteiger partial charge in [0, 0.05) is 18.2 Å². The van der Waals surface area contributed by atoms with Gasteiger partial charge in [-0.15, -0.1) is 0 Å². The Morgan fingerprint density at radius 2 is 1.92 bits per heavy atom. The monoisotopic (exact) mass is 339 g/mol. The fraction of sp³-hybridized carbons (Fsp3) is 0.158. The minimum atomic E-state index is -0.317. The van der Waals surface area contributed by atoms with Gasteiger partial charge in [0.2, 0.25) is 11.8 Å². The molecule has 1 unspecified atom stereocenters. The molecule has 1 atom stereocenters. The summed E-state index contributed by atoms with van der Waals surface area (Å²) in [4.78, 5) is 23.4. The van der Waals surface area contributed by atoms with E-state index in [-0.39, 0.29) is 23.7 Å². The summed E-state index contributed by atoms with van der Waals surface area (Å²) in [6, 6.07) is 13.3. The molecule has 1 saturated heterocycles. The predicted molar refractivity (Wildman–Crippen MR) is 93.8 cm³/mol. The predicted octanol–water partition coefficient (Wildman–Crippen LogP) is 2.93. The molecule has 1 fully saturated rings. The van der Waals surface area contributed by atoms with Crippen molar-refractivity contribution in [1.82, 2.24) is 10.9 Å². The van der Waals surface area contributed by atoms with Crippen molar-refractivity contribution < 1.29 is 14.0 Å². The van der Waals surface area contributed by atoms with Crippen LogP contribution < -0.4 is 16.2 Å². The Morgan fingerprint density at radius 1 is 1.16 bits per heavy atom. The zero-order chi connectivity index (χ0) is 17.6. The quantitative estimate of drug-likeness (QED) is 0.750. The van der Waals surface area contributed by atoms with Crippen molar-refractivity contribution in [3.8, 4) is 0 Å². The number of para-hydroxylation sites is 1. The molecule has 1 aliphatic rings. The van der Waals surface area contributed by atoms with E-state index >= 15 is 0 Å². The van der Waals surface area contributed by atoms with Gasteiger partial charge in [-0.05, 0) is 41.8 Å². The van der Waals surface area contributed by atoms with Crippen molar-refractivity contribution >= 4 is 23.6 Å². The molecular formula is C19H18FN3O2. The average molecular weight is 339 g/mol. The third kappa shape index (κ3) is 4.51. The number of nitrogens with one attached hydrogen (secondary N) is 3. The molecule has 0 saturated carbocycles. The average Bonchev–Trinajstić information content (AvgIpc) is 2.63. The number of hydrazine groups is 1. The number of carbonyl (C=O) groups excluding carboxylic acids is 2. The molecule has 0 aromatic heterocycles. The summed E-state index contributed by atoms with van der Waals surface area (Å²) in [6.45, 7) is 0. The minimum Gasteiger partial charge on any atom is -0.322 e. The molecular weight excluding hydrogens is 321 g/mol. The summed E-state index contributed by atoms with van der Waals surface area (Å²) in [5.74, 6) is -0.640.